The number of benzene rings is 1. The van der Waals surface area contributed by atoms with Crippen molar-refractivity contribution in [3.05, 3.63) is 39.8 Å². The zero-order chi connectivity index (χ0) is 8.10. The van der Waals surface area contributed by atoms with Gasteiger partial charge in [0.1, 0.15) is 0 Å². The average molecular weight is 170 g/mol. The Hall–Kier alpha value is -0.890. The molecule has 0 unspecified atom stereocenters. The summed E-state index contributed by atoms with van der Waals surface area (Å²) in [7, 11) is 0. The van der Waals surface area contributed by atoms with Gasteiger partial charge in [0.25, 0.3) is 0 Å². The first-order chi connectivity index (χ1) is 5.34. The molecule has 0 saturated carbocycles. The van der Waals surface area contributed by atoms with Gasteiger partial charge in [0.05, 0.1) is 6.54 Å². The average Bonchev–Trinajstić information content (AvgIpc) is 2.03. The maximum Gasteiger partial charge on any atom is 0.0852 e. The molecular weight excluding hydrogens is 162 g/mol. The van der Waals surface area contributed by atoms with Gasteiger partial charge in [-0.25, -0.2) is 0 Å². The number of nitroso groups, excluding NO2 is 1. The van der Waals surface area contributed by atoms with E-state index in [1.54, 1.807) is 0 Å². The molecule has 0 bridgehead atoms. The van der Waals surface area contributed by atoms with Gasteiger partial charge in [-0.05, 0) is 18.1 Å². The van der Waals surface area contributed by atoms with E-state index in [-0.39, 0.29) is 0 Å². The second kappa shape index (κ2) is 4.09. The normalized spacial score (nSPS) is 9.55. The van der Waals surface area contributed by atoms with Crippen LogP contribution in [-0.4, -0.2) is 6.54 Å². The van der Waals surface area contributed by atoms with Crippen molar-refractivity contribution in [2.24, 2.45) is 5.18 Å². The highest BCUT2D eigenvalue weighted by Crippen LogP contribution is 2.14. The Kier molecular flexibility index (Phi) is 3.05. The Bertz CT molecular complexity index is 250. The fraction of sp³-hybridized carbons (Fsp3) is 0.250. The third-order valence-electron chi connectivity index (χ3n) is 1.43. The zero-order valence-corrected chi connectivity index (χ0v) is 6.71. The quantitative estimate of drug-likeness (QED) is 0.640. The molecule has 0 fully saturated rings. The number of hydrogen-bond acceptors (Lipinski definition) is 2. The van der Waals surface area contributed by atoms with E-state index in [2.05, 4.69) is 5.18 Å². The van der Waals surface area contributed by atoms with Crippen molar-refractivity contribution in [1.82, 2.24) is 0 Å². The van der Waals surface area contributed by atoms with Crippen molar-refractivity contribution in [3.63, 3.8) is 0 Å². The van der Waals surface area contributed by atoms with Crippen LogP contribution < -0.4 is 0 Å². The maximum absolute atomic E-state index is 9.80. The summed E-state index contributed by atoms with van der Waals surface area (Å²) < 4.78 is 0. The van der Waals surface area contributed by atoms with Gasteiger partial charge in [-0.3, -0.25) is 0 Å². The summed E-state index contributed by atoms with van der Waals surface area (Å²) in [6.45, 7) is 0.295. The third-order valence-corrected chi connectivity index (χ3v) is 1.80. The minimum Gasteiger partial charge on any atom is -0.151 e. The number of rotatable bonds is 3. The Balaban J connectivity index is 2.69. The SMILES string of the molecule is O=NCCc1ccccc1Cl. The summed E-state index contributed by atoms with van der Waals surface area (Å²) in [5.41, 5.74) is 0.980. The van der Waals surface area contributed by atoms with Crippen molar-refractivity contribution in [3.8, 4) is 0 Å². The van der Waals surface area contributed by atoms with Crippen LogP contribution in [-0.2, 0) is 6.42 Å². The molecule has 1 rings (SSSR count). The summed E-state index contributed by atoms with van der Waals surface area (Å²) in [5, 5.41) is 3.47. The molecule has 0 spiro atoms. The van der Waals surface area contributed by atoms with Gasteiger partial charge in [-0.15, -0.1) is 0 Å². The van der Waals surface area contributed by atoms with Crippen LogP contribution in [0.15, 0.2) is 29.4 Å². The van der Waals surface area contributed by atoms with Gasteiger partial charge in [0, 0.05) is 5.02 Å². The molecule has 0 amide bonds. The largest absolute Gasteiger partial charge is 0.151 e. The van der Waals surface area contributed by atoms with E-state index in [4.69, 9.17) is 11.6 Å². The summed E-state index contributed by atoms with van der Waals surface area (Å²) in [5.74, 6) is 0. The molecule has 0 aromatic heterocycles. The lowest BCUT2D eigenvalue weighted by atomic mass is 10.1. The third kappa shape index (κ3) is 2.31. The van der Waals surface area contributed by atoms with Crippen molar-refractivity contribution >= 4 is 11.6 Å². The number of halogens is 1. The molecule has 0 aliphatic rings. The van der Waals surface area contributed by atoms with Gasteiger partial charge < -0.3 is 0 Å². The first kappa shape index (κ1) is 8.21. The molecule has 2 nitrogen and oxygen atoms in total. The molecule has 1 aromatic carbocycles. The second-order valence-electron chi connectivity index (χ2n) is 2.19. The van der Waals surface area contributed by atoms with Crippen LogP contribution in [0.5, 0.6) is 0 Å². The lowest BCUT2D eigenvalue weighted by Crippen LogP contribution is -1.88. The topological polar surface area (TPSA) is 29.4 Å². The molecule has 0 atom stereocenters. The molecule has 3 heteroatoms. The Morgan fingerprint density at radius 3 is 2.73 bits per heavy atom. The molecule has 11 heavy (non-hydrogen) atoms. The molecule has 0 saturated heterocycles. The van der Waals surface area contributed by atoms with Crippen LogP contribution in [0.25, 0.3) is 0 Å². The zero-order valence-electron chi connectivity index (χ0n) is 5.96. The summed E-state index contributed by atoms with van der Waals surface area (Å²) >= 11 is 5.82. The fourth-order valence-electron chi connectivity index (χ4n) is 0.867. The molecule has 0 radical (unpaired) electrons. The summed E-state index contributed by atoms with van der Waals surface area (Å²) in [6, 6.07) is 7.46. The predicted octanol–water partition coefficient (Wildman–Crippen LogP) is 2.65. The van der Waals surface area contributed by atoms with E-state index in [0.717, 1.165) is 5.56 Å². The molecular formula is C8H8ClNO. The standard InChI is InChI=1S/C8H8ClNO/c9-8-4-2-1-3-7(8)5-6-10-11/h1-4H,5-6H2. The minimum absolute atomic E-state index is 0.295. The van der Waals surface area contributed by atoms with Gasteiger partial charge in [0.15, 0.2) is 0 Å². The summed E-state index contributed by atoms with van der Waals surface area (Å²) in [6.07, 6.45) is 0.628. The Morgan fingerprint density at radius 2 is 2.09 bits per heavy atom. The molecule has 58 valence electrons. The van der Waals surface area contributed by atoms with E-state index < -0.39 is 0 Å². The van der Waals surface area contributed by atoms with Crippen LogP contribution in [0.3, 0.4) is 0 Å². The fourth-order valence-corrected chi connectivity index (χ4v) is 1.10. The highest BCUT2D eigenvalue weighted by Gasteiger charge is 1.96. The first-order valence-corrected chi connectivity index (χ1v) is 3.75. The van der Waals surface area contributed by atoms with E-state index >= 15 is 0 Å². The molecule has 0 aliphatic carbocycles. The maximum atomic E-state index is 9.80. The van der Waals surface area contributed by atoms with E-state index in [9.17, 15) is 4.91 Å². The second-order valence-corrected chi connectivity index (χ2v) is 2.60. The Morgan fingerprint density at radius 1 is 1.36 bits per heavy atom. The van der Waals surface area contributed by atoms with E-state index in [0.29, 0.717) is 18.0 Å². The molecule has 0 N–H and O–H groups in total. The summed E-state index contributed by atoms with van der Waals surface area (Å²) in [4.78, 5) is 9.80. The van der Waals surface area contributed by atoms with E-state index in [1.807, 2.05) is 24.3 Å². The van der Waals surface area contributed by atoms with Crippen LogP contribution in [0, 0.1) is 4.91 Å². The lowest BCUT2D eigenvalue weighted by molar-refractivity contribution is 0.961. The van der Waals surface area contributed by atoms with Gasteiger partial charge >= 0.3 is 0 Å². The minimum atomic E-state index is 0.295. The predicted molar refractivity (Wildman–Crippen MR) is 45.8 cm³/mol. The van der Waals surface area contributed by atoms with Gasteiger partial charge in [-0.1, -0.05) is 35.0 Å². The molecule has 0 heterocycles. The lowest BCUT2D eigenvalue weighted by Gasteiger charge is -1.98. The number of nitrogens with zero attached hydrogens (tertiary/aromatic N) is 1. The van der Waals surface area contributed by atoms with Crippen LogP contribution in [0.1, 0.15) is 5.56 Å². The van der Waals surface area contributed by atoms with Crippen molar-refractivity contribution in [1.29, 1.82) is 0 Å². The van der Waals surface area contributed by atoms with Crippen LogP contribution in [0.2, 0.25) is 5.02 Å². The molecule has 1 aromatic rings. The highest BCUT2D eigenvalue weighted by atomic mass is 35.5. The van der Waals surface area contributed by atoms with Crippen molar-refractivity contribution in [2.75, 3.05) is 6.54 Å². The van der Waals surface area contributed by atoms with Gasteiger partial charge in [0.2, 0.25) is 0 Å². The smallest absolute Gasteiger partial charge is 0.0852 e. The number of hydrogen-bond donors (Lipinski definition) is 0. The van der Waals surface area contributed by atoms with E-state index in [1.165, 1.54) is 0 Å². The first-order valence-electron chi connectivity index (χ1n) is 3.37. The van der Waals surface area contributed by atoms with Gasteiger partial charge in [-0.2, -0.15) is 4.91 Å². The Labute approximate surface area is 70.2 Å². The monoisotopic (exact) mass is 169 g/mol. The van der Waals surface area contributed by atoms with Crippen molar-refractivity contribution < 1.29 is 0 Å². The van der Waals surface area contributed by atoms with Crippen LogP contribution in [0.4, 0.5) is 0 Å². The van der Waals surface area contributed by atoms with Crippen molar-refractivity contribution in [2.45, 2.75) is 6.42 Å². The highest BCUT2D eigenvalue weighted by molar-refractivity contribution is 6.31. The van der Waals surface area contributed by atoms with Crippen LogP contribution >= 0.6 is 11.6 Å². The molecule has 0 aliphatic heterocycles.